The zero-order valence-corrected chi connectivity index (χ0v) is 10.0. The fraction of sp³-hybridized carbons (Fsp3) is 0.571. The van der Waals surface area contributed by atoms with E-state index in [2.05, 4.69) is 44.3 Å². The highest BCUT2D eigenvalue weighted by Gasteiger charge is 2.22. The summed E-state index contributed by atoms with van der Waals surface area (Å²) in [5.74, 6) is 0.735. The molecule has 0 aliphatic heterocycles. The third kappa shape index (κ3) is 2.23. The molecule has 0 spiro atoms. The predicted molar refractivity (Wildman–Crippen MR) is 65.1 cm³/mol. The van der Waals surface area contributed by atoms with Crippen molar-refractivity contribution in [2.24, 2.45) is 5.92 Å². The number of rotatable bonds is 3. The SMILES string of the molecule is Cc1cccc2c1CCC2NCC(C)C. The second kappa shape index (κ2) is 4.36. The van der Waals surface area contributed by atoms with Gasteiger partial charge >= 0.3 is 0 Å². The number of benzene rings is 1. The summed E-state index contributed by atoms with van der Waals surface area (Å²) in [5, 5.41) is 3.66. The Morgan fingerprint density at radius 1 is 1.40 bits per heavy atom. The molecule has 1 aliphatic carbocycles. The molecule has 1 unspecified atom stereocenters. The van der Waals surface area contributed by atoms with Crippen LogP contribution in [-0.2, 0) is 6.42 Å². The van der Waals surface area contributed by atoms with Gasteiger partial charge in [-0.25, -0.2) is 0 Å². The molecule has 0 heterocycles. The summed E-state index contributed by atoms with van der Waals surface area (Å²) < 4.78 is 0. The smallest absolute Gasteiger partial charge is 0.0326 e. The van der Waals surface area contributed by atoms with Gasteiger partial charge in [0.2, 0.25) is 0 Å². The van der Waals surface area contributed by atoms with Crippen molar-refractivity contribution in [3.8, 4) is 0 Å². The van der Waals surface area contributed by atoms with Crippen LogP contribution in [0.4, 0.5) is 0 Å². The minimum atomic E-state index is 0.599. The van der Waals surface area contributed by atoms with Gasteiger partial charge in [-0.05, 0) is 48.9 Å². The van der Waals surface area contributed by atoms with E-state index in [1.165, 1.54) is 24.0 Å². The molecule has 1 aromatic rings. The van der Waals surface area contributed by atoms with Crippen molar-refractivity contribution < 1.29 is 0 Å². The molecule has 1 heteroatoms. The zero-order valence-electron chi connectivity index (χ0n) is 10.0. The maximum absolute atomic E-state index is 3.66. The molecular formula is C14H21N. The van der Waals surface area contributed by atoms with E-state index >= 15 is 0 Å². The number of hydrogen-bond acceptors (Lipinski definition) is 1. The maximum atomic E-state index is 3.66. The normalized spacial score (nSPS) is 19.6. The van der Waals surface area contributed by atoms with Gasteiger partial charge in [0, 0.05) is 6.04 Å². The van der Waals surface area contributed by atoms with Crippen LogP contribution >= 0.6 is 0 Å². The summed E-state index contributed by atoms with van der Waals surface area (Å²) >= 11 is 0. The molecule has 2 rings (SSSR count). The molecule has 1 N–H and O–H groups in total. The second-order valence-corrected chi connectivity index (χ2v) is 5.04. The molecule has 0 aromatic heterocycles. The molecule has 1 atom stereocenters. The lowest BCUT2D eigenvalue weighted by molar-refractivity contribution is 0.472. The van der Waals surface area contributed by atoms with Gasteiger partial charge in [0.15, 0.2) is 0 Å². The van der Waals surface area contributed by atoms with Crippen molar-refractivity contribution in [3.63, 3.8) is 0 Å². The highest BCUT2D eigenvalue weighted by molar-refractivity contribution is 5.40. The number of nitrogens with one attached hydrogen (secondary N) is 1. The van der Waals surface area contributed by atoms with Crippen LogP contribution in [0, 0.1) is 12.8 Å². The number of hydrogen-bond donors (Lipinski definition) is 1. The lowest BCUT2D eigenvalue weighted by atomic mass is 10.0. The summed E-state index contributed by atoms with van der Waals surface area (Å²) in [6.07, 6.45) is 2.52. The lowest BCUT2D eigenvalue weighted by Gasteiger charge is -2.16. The average molecular weight is 203 g/mol. The van der Waals surface area contributed by atoms with E-state index in [1.807, 2.05) is 0 Å². The molecule has 1 aromatic carbocycles. The van der Waals surface area contributed by atoms with Gasteiger partial charge in [-0.3, -0.25) is 0 Å². The Morgan fingerprint density at radius 3 is 2.93 bits per heavy atom. The Hall–Kier alpha value is -0.820. The summed E-state index contributed by atoms with van der Waals surface area (Å²) in [6, 6.07) is 7.29. The molecule has 0 saturated heterocycles. The third-order valence-corrected chi connectivity index (χ3v) is 3.28. The first-order valence-corrected chi connectivity index (χ1v) is 6.00. The van der Waals surface area contributed by atoms with E-state index in [1.54, 1.807) is 5.56 Å². The van der Waals surface area contributed by atoms with Crippen molar-refractivity contribution in [3.05, 3.63) is 34.9 Å². The molecule has 15 heavy (non-hydrogen) atoms. The van der Waals surface area contributed by atoms with Crippen molar-refractivity contribution in [2.75, 3.05) is 6.54 Å². The van der Waals surface area contributed by atoms with Crippen molar-refractivity contribution in [1.82, 2.24) is 5.32 Å². The van der Waals surface area contributed by atoms with Crippen molar-refractivity contribution >= 4 is 0 Å². The van der Waals surface area contributed by atoms with Crippen LogP contribution in [0.2, 0.25) is 0 Å². The topological polar surface area (TPSA) is 12.0 Å². The van der Waals surface area contributed by atoms with E-state index in [-0.39, 0.29) is 0 Å². The Bertz CT molecular complexity index is 341. The van der Waals surface area contributed by atoms with E-state index in [9.17, 15) is 0 Å². The number of aryl methyl sites for hydroxylation is 1. The monoisotopic (exact) mass is 203 g/mol. The van der Waals surface area contributed by atoms with E-state index < -0.39 is 0 Å². The highest BCUT2D eigenvalue weighted by Crippen LogP contribution is 2.32. The zero-order chi connectivity index (χ0) is 10.8. The minimum absolute atomic E-state index is 0.599. The quantitative estimate of drug-likeness (QED) is 0.795. The highest BCUT2D eigenvalue weighted by atomic mass is 14.9. The largest absolute Gasteiger partial charge is 0.310 e. The standard InChI is InChI=1S/C14H21N/c1-10(2)9-15-14-8-7-12-11(3)5-4-6-13(12)14/h4-6,10,14-15H,7-9H2,1-3H3. The van der Waals surface area contributed by atoms with Crippen LogP contribution < -0.4 is 5.32 Å². The van der Waals surface area contributed by atoms with Crippen LogP contribution in [0.25, 0.3) is 0 Å². The van der Waals surface area contributed by atoms with Gasteiger partial charge in [0.05, 0.1) is 0 Å². The minimum Gasteiger partial charge on any atom is -0.310 e. The summed E-state index contributed by atoms with van der Waals surface area (Å²) in [5.41, 5.74) is 4.58. The fourth-order valence-corrected chi connectivity index (χ4v) is 2.43. The Labute approximate surface area is 92.9 Å². The molecular weight excluding hydrogens is 182 g/mol. The van der Waals surface area contributed by atoms with Crippen molar-refractivity contribution in [1.29, 1.82) is 0 Å². The average Bonchev–Trinajstić information content (AvgIpc) is 2.59. The summed E-state index contributed by atoms with van der Waals surface area (Å²) in [7, 11) is 0. The van der Waals surface area contributed by atoms with E-state index in [0.29, 0.717) is 6.04 Å². The second-order valence-electron chi connectivity index (χ2n) is 5.04. The first kappa shape index (κ1) is 10.7. The molecule has 0 bridgehead atoms. The molecule has 1 aliphatic rings. The molecule has 0 fully saturated rings. The number of fused-ring (bicyclic) bond motifs is 1. The van der Waals surface area contributed by atoms with E-state index in [4.69, 9.17) is 0 Å². The van der Waals surface area contributed by atoms with Gasteiger partial charge in [-0.2, -0.15) is 0 Å². The van der Waals surface area contributed by atoms with Crippen LogP contribution in [-0.4, -0.2) is 6.54 Å². The molecule has 82 valence electrons. The Kier molecular flexibility index (Phi) is 3.11. The predicted octanol–water partition coefficient (Wildman–Crippen LogP) is 3.23. The van der Waals surface area contributed by atoms with Crippen LogP contribution in [0.1, 0.15) is 43.0 Å². The first-order chi connectivity index (χ1) is 7.18. The first-order valence-electron chi connectivity index (χ1n) is 6.00. The van der Waals surface area contributed by atoms with Gasteiger partial charge in [0.25, 0.3) is 0 Å². The van der Waals surface area contributed by atoms with Crippen molar-refractivity contribution in [2.45, 2.75) is 39.7 Å². The maximum Gasteiger partial charge on any atom is 0.0326 e. The Morgan fingerprint density at radius 2 is 2.20 bits per heavy atom. The van der Waals surface area contributed by atoms with Gasteiger partial charge in [-0.15, -0.1) is 0 Å². The van der Waals surface area contributed by atoms with Gasteiger partial charge in [-0.1, -0.05) is 32.0 Å². The molecule has 0 saturated carbocycles. The third-order valence-electron chi connectivity index (χ3n) is 3.28. The molecule has 0 radical (unpaired) electrons. The van der Waals surface area contributed by atoms with Crippen LogP contribution in [0.5, 0.6) is 0 Å². The summed E-state index contributed by atoms with van der Waals surface area (Å²) in [4.78, 5) is 0. The van der Waals surface area contributed by atoms with Gasteiger partial charge in [0.1, 0.15) is 0 Å². The van der Waals surface area contributed by atoms with Crippen LogP contribution in [0.15, 0.2) is 18.2 Å². The lowest BCUT2D eigenvalue weighted by Crippen LogP contribution is -2.23. The van der Waals surface area contributed by atoms with E-state index in [0.717, 1.165) is 12.5 Å². The Balaban J connectivity index is 2.11. The summed E-state index contributed by atoms with van der Waals surface area (Å²) in [6.45, 7) is 7.87. The van der Waals surface area contributed by atoms with Crippen LogP contribution in [0.3, 0.4) is 0 Å². The molecule has 0 amide bonds. The fourth-order valence-electron chi connectivity index (χ4n) is 2.43. The molecule has 1 nitrogen and oxygen atoms in total. The van der Waals surface area contributed by atoms with Gasteiger partial charge < -0.3 is 5.32 Å².